The van der Waals surface area contributed by atoms with Gasteiger partial charge in [0.2, 0.25) is 0 Å². The molecule has 0 spiro atoms. The molecule has 0 radical (unpaired) electrons. The first-order valence-electron chi connectivity index (χ1n) is 13.7. The first kappa shape index (κ1) is 33.4. The van der Waals surface area contributed by atoms with E-state index < -0.39 is 79.7 Å². The highest BCUT2D eigenvalue weighted by atomic mass is 16.7. The molecule has 0 aliphatic carbocycles. The molecule has 9 N–H and O–H groups in total. The Morgan fingerprint density at radius 2 is 1.50 bits per heavy atom. The lowest BCUT2D eigenvalue weighted by molar-refractivity contribution is -0.357. The molecule has 2 fully saturated rings. The van der Waals surface area contributed by atoms with Crippen LogP contribution in [0.2, 0.25) is 0 Å². The molecule has 0 unspecified atom stereocenters. The predicted octanol–water partition coefficient (Wildman–Crippen LogP) is -1.02. The van der Waals surface area contributed by atoms with E-state index >= 15 is 0 Å². The van der Waals surface area contributed by atoms with Gasteiger partial charge in [-0.05, 0) is 54.8 Å². The average molecular weight is 625 g/mol. The second-order valence-electron chi connectivity index (χ2n) is 10.4. The monoisotopic (exact) mass is 624 g/mol. The summed E-state index contributed by atoms with van der Waals surface area (Å²) in [4.78, 5) is 12.8. The number of carbonyl (C=O) groups is 1. The molecule has 2 saturated heterocycles. The van der Waals surface area contributed by atoms with Gasteiger partial charge in [0.05, 0.1) is 19.3 Å². The average Bonchev–Trinajstić information content (AvgIpc) is 2.99. The highest BCUT2D eigenvalue weighted by Crippen LogP contribution is 2.32. The summed E-state index contributed by atoms with van der Waals surface area (Å²) in [5, 5.41) is 90.5. The molecule has 242 valence electrons. The summed E-state index contributed by atoms with van der Waals surface area (Å²) in [6, 6.07) is 7.98. The van der Waals surface area contributed by atoms with E-state index in [4.69, 9.17) is 23.7 Å². The number of aromatic hydroxyl groups is 4. The molecule has 2 aromatic carbocycles. The molecule has 0 bridgehead atoms. The molecule has 15 nitrogen and oxygen atoms in total. The molecule has 44 heavy (non-hydrogen) atoms. The normalized spacial score (nSPS) is 32.5. The van der Waals surface area contributed by atoms with E-state index in [9.17, 15) is 50.8 Å². The number of carbonyl (C=O) groups excluding carboxylic acids is 1. The molecule has 2 heterocycles. The Hall–Kier alpha value is -3.51. The third kappa shape index (κ3) is 7.76. The third-order valence-electron chi connectivity index (χ3n) is 7.27. The van der Waals surface area contributed by atoms with Crippen molar-refractivity contribution in [2.24, 2.45) is 0 Å². The van der Waals surface area contributed by atoms with E-state index in [2.05, 4.69) is 0 Å². The number of hydrogen-bond acceptors (Lipinski definition) is 15. The Labute approximate surface area is 251 Å². The van der Waals surface area contributed by atoms with E-state index in [1.165, 1.54) is 43.3 Å². The van der Waals surface area contributed by atoms with Crippen LogP contribution >= 0.6 is 0 Å². The van der Waals surface area contributed by atoms with Crippen LogP contribution in [-0.4, -0.2) is 127 Å². The zero-order valence-electron chi connectivity index (χ0n) is 23.5. The van der Waals surface area contributed by atoms with Crippen molar-refractivity contribution >= 4 is 12.0 Å². The van der Waals surface area contributed by atoms with Crippen molar-refractivity contribution in [3.8, 4) is 23.0 Å². The van der Waals surface area contributed by atoms with Crippen LogP contribution in [0.5, 0.6) is 23.0 Å². The highest BCUT2D eigenvalue weighted by molar-refractivity contribution is 5.87. The lowest BCUT2D eigenvalue weighted by Crippen LogP contribution is -2.65. The summed E-state index contributed by atoms with van der Waals surface area (Å²) in [5.41, 5.74) is 0.914. The minimum Gasteiger partial charge on any atom is -0.504 e. The van der Waals surface area contributed by atoms with Gasteiger partial charge in [-0.25, -0.2) is 4.79 Å². The number of hydrogen-bond donors (Lipinski definition) is 9. The Balaban J connectivity index is 1.52. The standard InChI is InChI=1S/C29H36O15/c1-13-22(36)23(37)24(38)29(41-13)44-27-25(39)28(40-9-8-15-3-6-17(32)19(34)11-15)42-20(12-30)26(27)43-21(35)7-4-14-2-5-16(31)18(33)10-14/h2-7,10-11,13,20,22-34,36-39H,8-9,12H2,1H3/b7-4+/t13-,20+,22-,23+,24+,25-,26+,27-,28+,29-/m0/s1. The van der Waals surface area contributed by atoms with Crippen molar-refractivity contribution in [3.05, 3.63) is 53.6 Å². The van der Waals surface area contributed by atoms with Crippen molar-refractivity contribution < 1.29 is 74.4 Å². The van der Waals surface area contributed by atoms with Crippen molar-refractivity contribution in [2.45, 2.75) is 74.8 Å². The van der Waals surface area contributed by atoms with Crippen LogP contribution in [0.25, 0.3) is 6.08 Å². The van der Waals surface area contributed by atoms with Crippen LogP contribution in [0.1, 0.15) is 18.1 Å². The number of phenolic OH excluding ortho intramolecular Hbond substituents is 4. The number of aliphatic hydroxyl groups excluding tert-OH is 5. The first-order valence-corrected chi connectivity index (χ1v) is 13.7. The van der Waals surface area contributed by atoms with Gasteiger partial charge in [0, 0.05) is 6.08 Å². The smallest absolute Gasteiger partial charge is 0.331 e. The number of benzene rings is 2. The highest BCUT2D eigenvalue weighted by Gasteiger charge is 2.52. The summed E-state index contributed by atoms with van der Waals surface area (Å²) >= 11 is 0. The quantitative estimate of drug-likeness (QED) is 0.0873. The van der Waals surface area contributed by atoms with E-state index in [1.54, 1.807) is 6.07 Å². The van der Waals surface area contributed by atoms with Gasteiger partial charge >= 0.3 is 5.97 Å². The molecule has 4 rings (SSSR count). The van der Waals surface area contributed by atoms with Gasteiger partial charge in [0.15, 0.2) is 41.7 Å². The SMILES string of the molecule is C[C@@H]1O[C@@H](O[C@H]2[C@H](O)[C@H](OCCc3ccc(O)c(O)c3)O[C@H](CO)[C@H]2OC(=O)/C=C/c2ccc(O)c(O)c2)[C@H](O)[C@H](O)[C@H]1O. The Bertz CT molecular complexity index is 1300. The fraction of sp³-hybridized carbons (Fsp3) is 0.483. The summed E-state index contributed by atoms with van der Waals surface area (Å²) in [6.45, 7) is 0.606. The van der Waals surface area contributed by atoms with Gasteiger partial charge in [-0.1, -0.05) is 12.1 Å². The molecule has 2 aliphatic rings. The van der Waals surface area contributed by atoms with Crippen LogP contribution in [0.4, 0.5) is 0 Å². The van der Waals surface area contributed by atoms with E-state index in [0.29, 0.717) is 11.1 Å². The maximum atomic E-state index is 12.8. The second kappa shape index (κ2) is 14.5. The number of rotatable bonds is 10. The summed E-state index contributed by atoms with van der Waals surface area (Å²) in [5.74, 6) is -2.40. The maximum absolute atomic E-state index is 12.8. The molecule has 0 saturated carbocycles. The van der Waals surface area contributed by atoms with Crippen molar-refractivity contribution in [1.29, 1.82) is 0 Å². The van der Waals surface area contributed by atoms with Crippen LogP contribution in [0.15, 0.2) is 42.5 Å². The topological polar surface area (TPSA) is 245 Å². The van der Waals surface area contributed by atoms with Crippen LogP contribution < -0.4 is 0 Å². The van der Waals surface area contributed by atoms with E-state index in [0.717, 1.165) is 6.08 Å². The number of aliphatic hydroxyl groups is 5. The number of phenols is 4. The fourth-order valence-corrected chi connectivity index (χ4v) is 4.76. The Kier molecular flexibility index (Phi) is 11.0. The number of ether oxygens (including phenoxy) is 5. The lowest BCUT2D eigenvalue weighted by Gasteiger charge is -2.46. The molecule has 10 atom stereocenters. The Morgan fingerprint density at radius 1 is 0.818 bits per heavy atom. The lowest BCUT2D eigenvalue weighted by atomic mass is 9.97. The zero-order chi connectivity index (χ0) is 32.1. The summed E-state index contributed by atoms with van der Waals surface area (Å²) in [7, 11) is 0. The molecule has 0 amide bonds. The van der Waals surface area contributed by atoms with Gasteiger partial charge in [-0.2, -0.15) is 0 Å². The Morgan fingerprint density at radius 3 is 2.16 bits per heavy atom. The van der Waals surface area contributed by atoms with E-state index in [1.807, 2.05) is 0 Å². The predicted molar refractivity (Wildman–Crippen MR) is 147 cm³/mol. The molecule has 15 heteroatoms. The minimum atomic E-state index is -1.77. The van der Waals surface area contributed by atoms with Crippen molar-refractivity contribution in [3.63, 3.8) is 0 Å². The van der Waals surface area contributed by atoms with Crippen LogP contribution in [0.3, 0.4) is 0 Å². The van der Waals surface area contributed by atoms with Crippen molar-refractivity contribution in [2.75, 3.05) is 13.2 Å². The largest absolute Gasteiger partial charge is 0.504 e. The molecular weight excluding hydrogens is 588 g/mol. The van der Waals surface area contributed by atoms with Crippen LogP contribution in [0, 0.1) is 0 Å². The second-order valence-corrected chi connectivity index (χ2v) is 10.4. The maximum Gasteiger partial charge on any atom is 0.331 e. The van der Waals surface area contributed by atoms with Gasteiger partial charge in [0.1, 0.15) is 36.6 Å². The molecule has 2 aromatic rings. The zero-order valence-corrected chi connectivity index (χ0v) is 23.5. The first-order chi connectivity index (χ1) is 20.9. The summed E-state index contributed by atoms with van der Waals surface area (Å²) < 4.78 is 28.2. The summed E-state index contributed by atoms with van der Waals surface area (Å²) in [6.07, 6.45) is -12.6. The fourth-order valence-electron chi connectivity index (χ4n) is 4.76. The third-order valence-corrected chi connectivity index (χ3v) is 7.27. The van der Waals surface area contributed by atoms with Gasteiger partial charge < -0.3 is 69.6 Å². The molecule has 2 aliphatic heterocycles. The number of esters is 1. The minimum absolute atomic E-state index is 0.0754. The van der Waals surface area contributed by atoms with Gasteiger partial charge in [-0.15, -0.1) is 0 Å². The molecular formula is C29H36O15. The van der Waals surface area contributed by atoms with Crippen LogP contribution in [-0.2, 0) is 34.9 Å². The molecule has 0 aromatic heterocycles. The van der Waals surface area contributed by atoms with Gasteiger partial charge in [-0.3, -0.25) is 0 Å². The van der Waals surface area contributed by atoms with Crippen molar-refractivity contribution in [1.82, 2.24) is 0 Å². The van der Waals surface area contributed by atoms with Gasteiger partial charge in [0.25, 0.3) is 0 Å². The van der Waals surface area contributed by atoms with E-state index in [-0.39, 0.29) is 30.3 Å².